The second-order valence-electron chi connectivity index (χ2n) is 8.96. The molecule has 0 saturated carbocycles. The lowest BCUT2D eigenvalue weighted by Gasteiger charge is -2.58. The number of aromatic nitrogens is 1. The van der Waals surface area contributed by atoms with E-state index < -0.39 is 55.5 Å². The third-order valence-corrected chi connectivity index (χ3v) is 6.99. The number of nitrogens with zero attached hydrogens (tertiary/aromatic N) is 3. The van der Waals surface area contributed by atoms with E-state index in [1.807, 2.05) is 0 Å². The van der Waals surface area contributed by atoms with Crippen molar-refractivity contribution in [1.29, 1.82) is 0 Å². The lowest BCUT2D eigenvalue weighted by Crippen LogP contribution is -2.73. The summed E-state index contributed by atoms with van der Waals surface area (Å²) in [5, 5.41) is 0. The number of hydrogen-bond donors (Lipinski definition) is 0. The van der Waals surface area contributed by atoms with Gasteiger partial charge in [-0.05, 0) is 39.8 Å². The molecule has 0 aromatic carbocycles. The number of alkyl halides is 5. The first-order chi connectivity index (χ1) is 13.9. The molecule has 1 amide bonds. The number of halogens is 5. The molecule has 174 valence electrons. The van der Waals surface area contributed by atoms with Crippen molar-refractivity contribution in [2.24, 2.45) is 5.41 Å². The van der Waals surface area contributed by atoms with Crippen LogP contribution in [0.25, 0.3) is 0 Å². The fraction of sp³-hybridized carbons (Fsp3) is 0.667. The number of hydrogen-bond acceptors (Lipinski definition) is 5. The molecule has 2 saturated heterocycles. The maximum atomic E-state index is 13.5. The largest absolute Gasteiger partial charge is 0.459 e. The SMILES string of the molecule is Cc1nc(C(F)(F)C(F)(F)F)ccc1S(=O)(=O)N1CC2(CN(C(=O)OC(C)(C)C)C2)C1. The average Bonchev–Trinajstić information content (AvgIpc) is 2.48. The number of aryl methyl sites for hydroxylation is 1. The molecule has 3 rings (SSSR count). The van der Waals surface area contributed by atoms with E-state index in [4.69, 9.17) is 4.74 Å². The number of carbonyl (C=O) groups is 1. The van der Waals surface area contributed by atoms with E-state index >= 15 is 0 Å². The van der Waals surface area contributed by atoms with Crippen LogP contribution in [0, 0.1) is 12.3 Å². The van der Waals surface area contributed by atoms with Crippen LogP contribution in [0.15, 0.2) is 17.0 Å². The Morgan fingerprint density at radius 3 is 2.06 bits per heavy atom. The van der Waals surface area contributed by atoms with E-state index in [2.05, 4.69) is 4.98 Å². The summed E-state index contributed by atoms with van der Waals surface area (Å²) in [5.41, 5.74) is -3.10. The van der Waals surface area contributed by atoms with Gasteiger partial charge in [0, 0.05) is 31.6 Å². The maximum absolute atomic E-state index is 13.5. The highest BCUT2D eigenvalue weighted by atomic mass is 32.2. The Kier molecular flexibility index (Phi) is 5.33. The molecule has 0 bridgehead atoms. The van der Waals surface area contributed by atoms with Crippen molar-refractivity contribution >= 4 is 16.1 Å². The van der Waals surface area contributed by atoms with Crippen molar-refractivity contribution < 1.29 is 39.9 Å². The number of rotatable bonds is 3. The van der Waals surface area contributed by atoms with Gasteiger partial charge in [-0.15, -0.1) is 0 Å². The molecule has 0 radical (unpaired) electrons. The molecule has 0 atom stereocenters. The van der Waals surface area contributed by atoms with Crippen molar-refractivity contribution in [2.75, 3.05) is 26.2 Å². The molecule has 2 aliphatic rings. The molecule has 2 aliphatic heterocycles. The summed E-state index contributed by atoms with van der Waals surface area (Å²) in [6.07, 6.45) is -6.35. The first-order valence-electron chi connectivity index (χ1n) is 9.29. The lowest BCUT2D eigenvalue weighted by molar-refractivity contribution is -0.291. The molecule has 1 spiro atoms. The molecule has 0 unspecified atom stereocenters. The van der Waals surface area contributed by atoms with Crippen LogP contribution < -0.4 is 0 Å². The molecule has 7 nitrogen and oxygen atoms in total. The molecular weight excluding hydrogens is 449 g/mol. The molecule has 1 aromatic heterocycles. The smallest absolute Gasteiger partial charge is 0.444 e. The normalized spacial score (nSPS) is 19.7. The number of carbonyl (C=O) groups excluding carboxylic acids is 1. The highest BCUT2D eigenvalue weighted by Gasteiger charge is 2.60. The van der Waals surface area contributed by atoms with Gasteiger partial charge < -0.3 is 9.64 Å². The van der Waals surface area contributed by atoms with Gasteiger partial charge in [-0.3, -0.25) is 4.98 Å². The van der Waals surface area contributed by atoms with E-state index in [1.54, 1.807) is 20.8 Å². The summed E-state index contributed by atoms with van der Waals surface area (Å²) in [6.45, 7) is 7.04. The predicted octanol–water partition coefficient (Wildman–Crippen LogP) is 3.29. The Bertz CT molecular complexity index is 990. The summed E-state index contributed by atoms with van der Waals surface area (Å²) >= 11 is 0. The van der Waals surface area contributed by atoms with Crippen LogP contribution in [0.1, 0.15) is 32.2 Å². The molecule has 2 fully saturated rings. The van der Waals surface area contributed by atoms with Crippen molar-refractivity contribution in [1.82, 2.24) is 14.2 Å². The van der Waals surface area contributed by atoms with Gasteiger partial charge in [-0.2, -0.15) is 26.3 Å². The molecular formula is C18H22F5N3O4S. The lowest BCUT2D eigenvalue weighted by atomic mass is 9.75. The zero-order valence-corrected chi connectivity index (χ0v) is 18.1. The summed E-state index contributed by atoms with van der Waals surface area (Å²) < 4.78 is 96.5. The summed E-state index contributed by atoms with van der Waals surface area (Å²) in [5.74, 6) is -5.20. The third kappa shape index (κ3) is 4.21. The first kappa shape index (κ1) is 23.6. The standard InChI is InChI=1S/C18H22F5N3O4S/c1-11-12(5-6-13(24-11)17(19,20)18(21,22)23)31(28,29)26-9-16(10-26)7-25(8-16)14(27)30-15(2,3)4/h5-6H,7-10H2,1-4H3. The third-order valence-electron chi connectivity index (χ3n) is 5.06. The van der Waals surface area contributed by atoms with E-state index in [1.165, 1.54) is 4.90 Å². The van der Waals surface area contributed by atoms with E-state index in [9.17, 15) is 35.2 Å². The highest BCUT2D eigenvalue weighted by Crippen LogP contribution is 2.45. The number of ether oxygens (including phenoxy) is 1. The average molecular weight is 471 g/mol. The Morgan fingerprint density at radius 2 is 1.61 bits per heavy atom. The fourth-order valence-corrected chi connectivity index (χ4v) is 5.40. The molecule has 0 N–H and O–H groups in total. The van der Waals surface area contributed by atoms with Crippen LogP contribution in [0.4, 0.5) is 26.7 Å². The van der Waals surface area contributed by atoms with Crippen LogP contribution in [0.5, 0.6) is 0 Å². The second-order valence-corrected chi connectivity index (χ2v) is 10.9. The predicted molar refractivity (Wildman–Crippen MR) is 97.9 cm³/mol. The number of pyridine rings is 1. The Hall–Kier alpha value is -2.02. The molecule has 3 heterocycles. The zero-order chi connectivity index (χ0) is 23.6. The molecule has 31 heavy (non-hydrogen) atoms. The zero-order valence-electron chi connectivity index (χ0n) is 17.3. The van der Waals surface area contributed by atoms with Gasteiger partial charge in [-0.25, -0.2) is 13.2 Å². The van der Waals surface area contributed by atoms with Gasteiger partial charge in [0.15, 0.2) is 0 Å². The van der Waals surface area contributed by atoms with Crippen molar-refractivity contribution in [3.63, 3.8) is 0 Å². The first-order valence-corrected chi connectivity index (χ1v) is 10.7. The van der Waals surface area contributed by atoms with Gasteiger partial charge in [-0.1, -0.05) is 0 Å². The molecule has 0 aliphatic carbocycles. The van der Waals surface area contributed by atoms with Crippen molar-refractivity contribution in [2.45, 2.75) is 50.3 Å². The maximum Gasteiger partial charge on any atom is 0.459 e. The highest BCUT2D eigenvalue weighted by molar-refractivity contribution is 7.89. The molecule has 13 heteroatoms. The topological polar surface area (TPSA) is 79.8 Å². The Balaban J connectivity index is 1.68. The minimum absolute atomic E-state index is 0.0918. The van der Waals surface area contributed by atoms with Gasteiger partial charge in [0.05, 0.1) is 5.69 Å². The summed E-state index contributed by atoms with van der Waals surface area (Å²) in [4.78, 5) is 16.2. The van der Waals surface area contributed by atoms with Gasteiger partial charge in [0.1, 0.15) is 16.2 Å². The molecule has 1 aromatic rings. The van der Waals surface area contributed by atoms with Gasteiger partial charge in [0.2, 0.25) is 10.0 Å². The van der Waals surface area contributed by atoms with Crippen LogP contribution in [0.3, 0.4) is 0 Å². The van der Waals surface area contributed by atoms with E-state index in [0.717, 1.165) is 11.2 Å². The fourth-order valence-electron chi connectivity index (χ4n) is 3.57. The van der Waals surface area contributed by atoms with Crippen LogP contribution in [-0.4, -0.2) is 66.7 Å². The van der Waals surface area contributed by atoms with Crippen LogP contribution in [-0.2, 0) is 20.7 Å². The van der Waals surface area contributed by atoms with Crippen molar-refractivity contribution in [3.8, 4) is 0 Å². The summed E-state index contributed by atoms with van der Waals surface area (Å²) in [7, 11) is -4.13. The number of sulfonamides is 1. The van der Waals surface area contributed by atoms with Crippen LogP contribution >= 0.6 is 0 Å². The van der Waals surface area contributed by atoms with Gasteiger partial charge >= 0.3 is 18.2 Å². The second kappa shape index (κ2) is 6.99. The monoisotopic (exact) mass is 471 g/mol. The minimum Gasteiger partial charge on any atom is -0.444 e. The minimum atomic E-state index is -5.85. The quantitative estimate of drug-likeness (QED) is 0.633. The van der Waals surface area contributed by atoms with E-state index in [0.29, 0.717) is 25.2 Å². The Labute approximate surface area is 176 Å². The van der Waals surface area contributed by atoms with E-state index in [-0.39, 0.29) is 13.1 Å². The van der Waals surface area contributed by atoms with Gasteiger partial charge in [0.25, 0.3) is 0 Å². The Morgan fingerprint density at radius 1 is 1.06 bits per heavy atom. The van der Waals surface area contributed by atoms with Crippen LogP contribution in [0.2, 0.25) is 0 Å². The number of likely N-dealkylation sites (tertiary alicyclic amines) is 1. The van der Waals surface area contributed by atoms with Crippen molar-refractivity contribution in [3.05, 3.63) is 23.5 Å². The number of amides is 1. The summed E-state index contributed by atoms with van der Waals surface area (Å²) in [6, 6.07) is 1.09.